The number of fused-ring (bicyclic) bond motifs is 1. The van der Waals surface area contributed by atoms with Crippen molar-refractivity contribution < 1.29 is 18.0 Å². The van der Waals surface area contributed by atoms with Crippen molar-refractivity contribution in [2.45, 2.75) is 4.90 Å². The molecular weight excluding hydrogens is 376 g/mol. The summed E-state index contributed by atoms with van der Waals surface area (Å²) in [6, 6.07) is 8.66. The van der Waals surface area contributed by atoms with E-state index in [9.17, 15) is 18.0 Å². The van der Waals surface area contributed by atoms with E-state index >= 15 is 0 Å². The van der Waals surface area contributed by atoms with Crippen LogP contribution in [0.5, 0.6) is 0 Å². The highest BCUT2D eigenvalue weighted by Gasteiger charge is 2.37. The first-order chi connectivity index (χ1) is 12.5. The van der Waals surface area contributed by atoms with Gasteiger partial charge >= 0.3 is 0 Å². The number of nitrogens with zero attached hydrogens (tertiary/aromatic N) is 3. The lowest BCUT2D eigenvalue weighted by atomic mass is 10.2. The maximum Gasteiger partial charge on any atom is 0.284 e. The number of thioether (sulfide) groups is 1. The number of carbonyl (C=O) groups is 2. The molecule has 10 heteroatoms. The molecule has 0 atom stereocenters. The summed E-state index contributed by atoms with van der Waals surface area (Å²) >= 11 is 1.46. The molecule has 3 heterocycles. The third-order valence-electron chi connectivity index (χ3n) is 3.84. The Kier molecular flexibility index (Phi) is 4.02. The molecule has 132 valence electrons. The minimum absolute atomic E-state index is 0.0290. The Morgan fingerprint density at radius 3 is 2.50 bits per heavy atom. The summed E-state index contributed by atoms with van der Waals surface area (Å²) in [7, 11) is -3.75. The fourth-order valence-corrected chi connectivity index (χ4v) is 4.37. The molecule has 2 aliphatic heterocycles. The number of hydrogen-bond acceptors (Lipinski definition) is 7. The number of nitrogens with one attached hydrogen (secondary N) is 1. The Bertz CT molecular complexity index is 999. The lowest BCUT2D eigenvalue weighted by Gasteiger charge is -2.17. The van der Waals surface area contributed by atoms with E-state index in [2.05, 4.69) is 9.82 Å². The summed E-state index contributed by atoms with van der Waals surface area (Å²) in [5.41, 5.74) is 0.608. The van der Waals surface area contributed by atoms with Crippen LogP contribution in [0.3, 0.4) is 0 Å². The lowest BCUT2D eigenvalue weighted by Crippen LogP contribution is -2.36. The van der Waals surface area contributed by atoms with Crippen LogP contribution in [0.1, 0.15) is 20.8 Å². The summed E-state index contributed by atoms with van der Waals surface area (Å²) in [5, 5.41) is 3.23. The molecule has 0 bridgehead atoms. The van der Waals surface area contributed by atoms with Crippen LogP contribution in [-0.4, -0.2) is 36.1 Å². The number of rotatable bonds is 4. The number of anilines is 1. The van der Waals surface area contributed by atoms with E-state index in [0.29, 0.717) is 5.88 Å². The zero-order valence-corrected chi connectivity index (χ0v) is 14.8. The highest BCUT2D eigenvalue weighted by molar-refractivity contribution is 8.02. The van der Waals surface area contributed by atoms with Crippen LogP contribution in [0.25, 0.3) is 0 Å². The van der Waals surface area contributed by atoms with Crippen LogP contribution in [0, 0.1) is 0 Å². The van der Waals surface area contributed by atoms with Crippen molar-refractivity contribution in [1.29, 1.82) is 0 Å². The Balaban J connectivity index is 1.60. The molecule has 2 aromatic rings. The number of pyridine rings is 1. The van der Waals surface area contributed by atoms with Gasteiger partial charge in [0.15, 0.2) is 0 Å². The van der Waals surface area contributed by atoms with Crippen molar-refractivity contribution in [2.24, 2.45) is 0 Å². The van der Waals surface area contributed by atoms with E-state index in [4.69, 9.17) is 0 Å². The molecule has 1 N–H and O–H groups in total. The maximum atomic E-state index is 12.4. The van der Waals surface area contributed by atoms with Gasteiger partial charge in [0.2, 0.25) is 0 Å². The normalized spacial score (nSPS) is 16.5. The first-order valence-electron chi connectivity index (χ1n) is 7.48. The SMILES string of the molecule is O=C1c2cccnc2C(=O)N1c1ccc(S(=O)(=O)NN2C=CSC2)cc1. The Morgan fingerprint density at radius 2 is 1.85 bits per heavy atom. The third kappa shape index (κ3) is 2.77. The van der Waals surface area contributed by atoms with Gasteiger partial charge in [-0.3, -0.25) is 19.6 Å². The van der Waals surface area contributed by atoms with E-state index in [-0.39, 0.29) is 21.8 Å². The molecule has 1 aromatic carbocycles. The summed E-state index contributed by atoms with van der Waals surface area (Å²) in [6.07, 6.45) is 3.07. The van der Waals surface area contributed by atoms with E-state index in [1.807, 2.05) is 0 Å². The molecule has 0 spiro atoms. The van der Waals surface area contributed by atoms with Gasteiger partial charge in [0.25, 0.3) is 21.8 Å². The van der Waals surface area contributed by atoms with Crippen molar-refractivity contribution in [1.82, 2.24) is 14.8 Å². The predicted molar refractivity (Wildman–Crippen MR) is 95.6 cm³/mol. The van der Waals surface area contributed by atoms with Gasteiger partial charge in [-0.25, -0.2) is 13.3 Å². The predicted octanol–water partition coefficient (Wildman–Crippen LogP) is 1.55. The lowest BCUT2D eigenvalue weighted by molar-refractivity contribution is 0.0924. The number of aromatic nitrogens is 1. The Labute approximate surface area is 153 Å². The van der Waals surface area contributed by atoms with Gasteiger partial charge < -0.3 is 0 Å². The quantitative estimate of drug-likeness (QED) is 0.793. The Hall–Kier alpha value is -2.69. The van der Waals surface area contributed by atoms with Gasteiger partial charge in [0.1, 0.15) is 5.69 Å². The topological polar surface area (TPSA) is 99.7 Å². The molecule has 4 rings (SSSR count). The standard InChI is InChI=1S/C16H12N4O4S2/c21-15-13-2-1-7-17-14(13)16(22)20(15)11-3-5-12(6-4-11)26(23,24)18-19-8-9-25-10-19/h1-9,18H,10H2. The van der Waals surface area contributed by atoms with E-state index in [1.165, 1.54) is 53.3 Å². The van der Waals surface area contributed by atoms with Gasteiger partial charge in [-0.15, -0.1) is 16.6 Å². The minimum atomic E-state index is -3.75. The molecule has 0 saturated carbocycles. The van der Waals surface area contributed by atoms with E-state index in [0.717, 1.165) is 4.90 Å². The van der Waals surface area contributed by atoms with Gasteiger partial charge in [-0.2, -0.15) is 0 Å². The fraction of sp³-hybridized carbons (Fsp3) is 0.0625. The second-order valence-electron chi connectivity index (χ2n) is 5.48. The van der Waals surface area contributed by atoms with Crippen LogP contribution in [0.15, 0.2) is 59.1 Å². The van der Waals surface area contributed by atoms with Crippen molar-refractivity contribution >= 4 is 39.3 Å². The first-order valence-corrected chi connectivity index (χ1v) is 10.0. The van der Waals surface area contributed by atoms with Crippen LogP contribution < -0.4 is 9.73 Å². The number of hydrogen-bond donors (Lipinski definition) is 1. The minimum Gasteiger partial charge on any atom is -0.291 e. The smallest absolute Gasteiger partial charge is 0.284 e. The van der Waals surface area contributed by atoms with Crippen LogP contribution >= 0.6 is 11.8 Å². The maximum absolute atomic E-state index is 12.4. The summed E-state index contributed by atoms with van der Waals surface area (Å²) in [5.74, 6) is -0.524. The number of amides is 2. The largest absolute Gasteiger partial charge is 0.291 e. The average Bonchev–Trinajstić information content (AvgIpc) is 3.22. The molecular formula is C16H12N4O4S2. The molecule has 8 nitrogen and oxygen atoms in total. The van der Waals surface area contributed by atoms with Gasteiger partial charge in [0.05, 0.1) is 22.0 Å². The number of sulfonamides is 1. The third-order valence-corrected chi connectivity index (χ3v) is 5.95. The number of hydrazine groups is 1. The molecule has 0 radical (unpaired) electrons. The molecule has 1 aromatic heterocycles. The van der Waals surface area contributed by atoms with Crippen LogP contribution in [0.4, 0.5) is 5.69 Å². The van der Waals surface area contributed by atoms with Gasteiger partial charge in [-0.05, 0) is 41.8 Å². The van der Waals surface area contributed by atoms with Crippen molar-refractivity contribution in [2.75, 3.05) is 10.8 Å². The molecule has 2 amide bonds. The van der Waals surface area contributed by atoms with Gasteiger partial charge in [-0.1, -0.05) is 0 Å². The van der Waals surface area contributed by atoms with Crippen LogP contribution in [-0.2, 0) is 10.0 Å². The van der Waals surface area contributed by atoms with E-state index < -0.39 is 21.8 Å². The number of carbonyl (C=O) groups excluding carboxylic acids is 2. The molecule has 26 heavy (non-hydrogen) atoms. The van der Waals surface area contributed by atoms with Crippen molar-refractivity contribution in [3.63, 3.8) is 0 Å². The molecule has 0 aliphatic carbocycles. The molecule has 0 fully saturated rings. The van der Waals surface area contributed by atoms with Crippen molar-refractivity contribution in [3.05, 3.63) is 65.5 Å². The molecule has 0 saturated heterocycles. The summed E-state index contributed by atoms with van der Waals surface area (Å²) < 4.78 is 24.7. The highest BCUT2D eigenvalue weighted by atomic mass is 32.2. The number of imide groups is 1. The second-order valence-corrected chi connectivity index (χ2v) is 8.01. The monoisotopic (exact) mass is 388 g/mol. The van der Waals surface area contributed by atoms with Gasteiger partial charge in [0, 0.05) is 12.4 Å². The summed E-state index contributed by atoms with van der Waals surface area (Å²) in [6.45, 7) is 0. The van der Waals surface area contributed by atoms with E-state index in [1.54, 1.807) is 17.7 Å². The van der Waals surface area contributed by atoms with Crippen molar-refractivity contribution in [3.8, 4) is 0 Å². The first kappa shape index (κ1) is 16.8. The fourth-order valence-electron chi connectivity index (χ4n) is 2.62. The molecule has 2 aliphatic rings. The van der Waals surface area contributed by atoms with Crippen LogP contribution in [0.2, 0.25) is 0 Å². The average molecular weight is 388 g/mol. The second kappa shape index (κ2) is 6.24. The Morgan fingerprint density at radius 1 is 1.08 bits per heavy atom. The number of benzene rings is 1. The highest BCUT2D eigenvalue weighted by Crippen LogP contribution is 2.28. The summed E-state index contributed by atoms with van der Waals surface area (Å²) in [4.78, 5) is 32.3. The molecule has 0 unspecified atom stereocenters. The zero-order valence-electron chi connectivity index (χ0n) is 13.2. The zero-order chi connectivity index (χ0) is 18.3.